The summed E-state index contributed by atoms with van der Waals surface area (Å²) in [5, 5.41) is 28.1. The number of carbonyl (C=O) groups is 1. The minimum absolute atomic E-state index is 0.0625. The number of rotatable bonds is 10. The molecule has 0 aliphatic heterocycles. The summed E-state index contributed by atoms with van der Waals surface area (Å²) in [6.45, 7) is 21.9. The number of halogens is 1. The Labute approximate surface area is 287 Å². The summed E-state index contributed by atoms with van der Waals surface area (Å²) in [5.41, 5.74) is 0.642. The number of nitriles is 1. The molecule has 0 spiro atoms. The number of amides is 1. The molecule has 1 amide bonds. The molecule has 1 aromatic carbocycles. The second-order valence-corrected chi connectivity index (χ2v) is 12.2. The minimum Gasteiger partial charge on any atom is -0.465 e. The lowest BCUT2D eigenvalue weighted by Crippen LogP contribution is -2.39. The molecule has 1 saturated carbocycles. The fourth-order valence-electron chi connectivity index (χ4n) is 4.93. The zero-order valence-corrected chi connectivity index (χ0v) is 31.1. The minimum atomic E-state index is -0.992. The molecular weight excluding hydrogens is 590 g/mol. The van der Waals surface area contributed by atoms with Gasteiger partial charge in [0.2, 0.25) is 0 Å². The van der Waals surface area contributed by atoms with Crippen LogP contribution in [-0.2, 0) is 0 Å². The molecule has 0 saturated heterocycles. The van der Waals surface area contributed by atoms with E-state index in [1.54, 1.807) is 59.2 Å². The highest BCUT2D eigenvalue weighted by molar-refractivity contribution is 6.12. The quantitative estimate of drug-likeness (QED) is 0.149. The van der Waals surface area contributed by atoms with Gasteiger partial charge < -0.3 is 10.2 Å². The maximum absolute atomic E-state index is 13.1. The van der Waals surface area contributed by atoms with E-state index in [4.69, 9.17) is 13.1 Å². The molecule has 0 heterocycles. The number of benzene rings is 1. The van der Waals surface area contributed by atoms with Gasteiger partial charge in [0.15, 0.2) is 0 Å². The molecule has 9 heteroatoms. The van der Waals surface area contributed by atoms with E-state index in [0.717, 1.165) is 44.1 Å². The molecule has 0 bridgehead atoms. The van der Waals surface area contributed by atoms with E-state index in [9.17, 15) is 19.4 Å². The highest BCUT2D eigenvalue weighted by Gasteiger charge is 2.38. The molecule has 1 aromatic rings. The van der Waals surface area contributed by atoms with E-state index in [2.05, 4.69) is 50.5 Å². The van der Waals surface area contributed by atoms with Crippen LogP contribution in [0.2, 0.25) is 5.82 Å². The second kappa shape index (κ2) is 26.6. The van der Waals surface area contributed by atoms with E-state index >= 15 is 0 Å². The van der Waals surface area contributed by atoms with Crippen molar-refractivity contribution in [3.05, 3.63) is 41.0 Å². The molecule has 2 radical (unpaired) electrons. The average Bonchev–Trinajstić information content (AvgIpc) is 3.03. The SMILES string of the molecule is C#C.CC.CC=Nc1cc(F)c(C#N)cc1C.CCC.[B]C1CCC(CN(C(=O)O)C(=C/C)/N=C\CC(C)(C)O)C[C@@]1(C)CCCC. The van der Waals surface area contributed by atoms with E-state index in [1.807, 2.05) is 13.8 Å². The molecule has 2 unspecified atom stereocenters. The molecule has 2 rings (SSSR count). The number of aryl methyl sites for hydroxylation is 1. The highest BCUT2D eigenvalue weighted by Crippen LogP contribution is 2.49. The van der Waals surface area contributed by atoms with Crippen molar-refractivity contribution in [3.63, 3.8) is 0 Å². The summed E-state index contributed by atoms with van der Waals surface area (Å²) in [4.78, 5) is 21.5. The van der Waals surface area contributed by atoms with Crippen LogP contribution in [-0.4, -0.2) is 53.6 Å². The Morgan fingerprint density at radius 3 is 2.26 bits per heavy atom. The number of aliphatic imine (C=N–C) groups is 2. The number of unbranched alkanes of at least 4 members (excludes halogenated alkanes) is 1. The highest BCUT2D eigenvalue weighted by atomic mass is 19.1. The van der Waals surface area contributed by atoms with Crippen LogP contribution in [0.4, 0.5) is 14.9 Å². The van der Waals surface area contributed by atoms with E-state index in [0.29, 0.717) is 24.5 Å². The maximum Gasteiger partial charge on any atom is 0.413 e. The average molecular weight is 653 g/mol. The summed E-state index contributed by atoms with van der Waals surface area (Å²) in [6.07, 6.45) is 19.7. The molecule has 0 aromatic heterocycles. The van der Waals surface area contributed by atoms with Crippen molar-refractivity contribution in [2.45, 2.75) is 139 Å². The lowest BCUT2D eigenvalue weighted by Gasteiger charge is -2.45. The van der Waals surface area contributed by atoms with Crippen LogP contribution in [0.15, 0.2) is 34.0 Å². The fourth-order valence-corrected chi connectivity index (χ4v) is 4.93. The number of aliphatic hydroxyl groups is 1. The molecular formula is C38H62BFN4O3. The van der Waals surface area contributed by atoms with Gasteiger partial charge in [-0.2, -0.15) is 5.26 Å². The van der Waals surface area contributed by atoms with Gasteiger partial charge in [-0.1, -0.05) is 73.0 Å². The van der Waals surface area contributed by atoms with Crippen molar-refractivity contribution in [2.24, 2.45) is 21.3 Å². The number of terminal acetylenes is 1. The predicted molar refractivity (Wildman–Crippen MR) is 199 cm³/mol. The summed E-state index contributed by atoms with van der Waals surface area (Å²) in [7, 11) is 6.41. The summed E-state index contributed by atoms with van der Waals surface area (Å²) >= 11 is 0. The topological polar surface area (TPSA) is 109 Å². The molecule has 262 valence electrons. The Balaban J connectivity index is -0.000000802. The van der Waals surface area contributed by atoms with Gasteiger partial charge in [-0.25, -0.2) is 14.2 Å². The first-order chi connectivity index (χ1) is 22.1. The van der Waals surface area contributed by atoms with Crippen LogP contribution < -0.4 is 0 Å². The molecule has 1 fully saturated rings. The van der Waals surface area contributed by atoms with Crippen molar-refractivity contribution in [3.8, 4) is 18.9 Å². The lowest BCUT2D eigenvalue weighted by molar-refractivity contribution is 0.0896. The van der Waals surface area contributed by atoms with Gasteiger partial charge in [0.05, 0.1) is 24.7 Å². The van der Waals surface area contributed by atoms with Gasteiger partial charge in [-0.15, -0.1) is 12.8 Å². The Kier molecular flexibility index (Phi) is 27.2. The van der Waals surface area contributed by atoms with Crippen LogP contribution in [0, 0.1) is 48.3 Å². The lowest BCUT2D eigenvalue weighted by atomic mass is 9.55. The number of hydrogen-bond acceptors (Lipinski definition) is 5. The molecule has 1 aliphatic carbocycles. The Morgan fingerprint density at radius 1 is 1.23 bits per heavy atom. The summed E-state index contributed by atoms with van der Waals surface area (Å²) in [6, 6.07) is 4.55. The van der Waals surface area contributed by atoms with Gasteiger partial charge in [0.25, 0.3) is 0 Å². The molecule has 1 aliphatic rings. The van der Waals surface area contributed by atoms with Crippen LogP contribution in [0.3, 0.4) is 0 Å². The smallest absolute Gasteiger partial charge is 0.413 e. The normalized spacial score (nSPS) is 19.0. The summed E-state index contributed by atoms with van der Waals surface area (Å²) in [5.74, 6) is 0.359. The van der Waals surface area contributed by atoms with Crippen molar-refractivity contribution < 1.29 is 19.4 Å². The first kappa shape index (κ1) is 48.0. The number of allylic oxidation sites excluding steroid dienone is 1. The Morgan fingerprint density at radius 2 is 1.81 bits per heavy atom. The summed E-state index contributed by atoms with van der Waals surface area (Å²) < 4.78 is 13.1. The molecule has 3 atom stereocenters. The van der Waals surface area contributed by atoms with Crippen molar-refractivity contribution in [2.75, 3.05) is 6.54 Å². The Hall–Kier alpha value is -3.43. The third kappa shape index (κ3) is 19.7. The number of carboxylic acid groups (broad SMARTS) is 1. The predicted octanol–water partition coefficient (Wildman–Crippen LogP) is 10.4. The molecule has 2 N–H and O–H groups in total. The third-order valence-electron chi connectivity index (χ3n) is 7.33. The van der Waals surface area contributed by atoms with E-state index in [-0.39, 0.29) is 22.7 Å². The zero-order chi connectivity index (χ0) is 37.2. The van der Waals surface area contributed by atoms with Crippen molar-refractivity contribution in [1.82, 2.24) is 4.90 Å². The van der Waals surface area contributed by atoms with E-state index in [1.165, 1.54) is 23.5 Å². The zero-order valence-electron chi connectivity index (χ0n) is 31.1. The monoisotopic (exact) mass is 652 g/mol. The van der Waals surface area contributed by atoms with E-state index < -0.39 is 17.5 Å². The first-order valence-corrected chi connectivity index (χ1v) is 16.8. The van der Waals surface area contributed by atoms with Crippen LogP contribution >= 0.6 is 0 Å². The van der Waals surface area contributed by atoms with Gasteiger partial charge in [0.1, 0.15) is 17.7 Å². The van der Waals surface area contributed by atoms with Crippen LogP contribution in [0.1, 0.15) is 132 Å². The van der Waals surface area contributed by atoms with Gasteiger partial charge in [0, 0.05) is 31.5 Å². The van der Waals surface area contributed by atoms with Crippen LogP contribution in [0.25, 0.3) is 0 Å². The maximum atomic E-state index is 13.1. The van der Waals surface area contributed by atoms with Gasteiger partial charge >= 0.3 is 6.09 Å². The largest absolute Gasteiger partial charge is 0.465 e. The van der Waals surface area contributed by atoms with Gasteiger partial charge in [-0.05, 0) is 82.9 Å². The third-order valence-corrected chi connectivity index (χ3v) is 7.33. The van der Waals surface area contributed by atoms with Gasteiger partial charge in [-0.3, -0.25) is 9.89 Å². The van der Waals surface area contributed by atoms with Crippen LogP contribution in [0.5, 0.6) is 0 Å². The standard InChI is InChI=1S/C21H37BN2O3.C10H9FN2.C3H8.C2H6.C2H2/c1-6-8-11-21(5)14-16(9-10-17(21)22)15-24(19(25)26)18(7-2)23-13-12-20(3,4)27;1-3-13-10-5-9(11)8(6-12)4-7(10)2;1-3-2;2*1-2/h7,13,16-17,27H,6,8-12,14-15H2,1-5H3,(H,25,26);3-5H,1-2H3;3H2,1-2H3;1-2H3;1-2H/b18-7+,23-13-;;;;/t16?,17?,21-;;;;/m1..../s1. The Bertz CT molecular complexity index is 1170. The second-order valence-electron chi connectivity index (χ2n) is 12.2. The van der Waals surface area contributed by atoms with Crippen molar-refractivity contribution >= 4 is 32.1 Å². The number of hydrogen-bond donors (Lipinski definition) is 2. The number of nitrogens with zero attached hydrogens (tertiary/aromatic N) is 4. The van der Waals surface area contributed by atoms with Crippen molar-refractivity contribution in [1.29, 1.82) is 5.26 Å². The molecule has 7 nitrogen and oxygen atoms in total. The fraction of sp³-hybridized carbons (Fsp3) is 0.632. The molecule has 47 heavy (non-hydrogen) atoms. The first-order valence-electron chi connectivity index (χ1n) is 16.8.